The van der Waals surface area contributed by atoms with E-state index >= 15 is 0 Å². The second kappa shape index (κ2) is 7.99. The smallest absolute Gasteiger partial charge is 0.331 e. The van der Waals surface area contributed by atoms with E-state index in [1.165, 1.54) is 31.9 Å². The van der Waals surface area contributed by atoms with E-state index in [-0.39, 0.29) is 18.8 Å². The van der Waals surface area contributed by atoms with E-state index in [2.05, 4.69) is 5.32 Å². The molecule has 1 aromatic carbocycles. The lowest BCUT2D eigenvalue weighted by molar-refractivity contribution is -0.149. The third-order valence-corrected chi connectivity index (χ3v) is 3.79. The molecule has 0 heterocycles. The Bertz CT molecular complexity index is 512. The molecule has 0 aliphatic carbocycles. The SMILES string of the molecule is COCC(C)(NC(=O)CCSc1ccccc1F)C(=O)O. The molecular formula is C14H18FNO4S. The molecule has 1 rings (SSSR count). The van der Waals surface area contributed by atoms with E-state index in [4.69, 9.17) is 9.84 Å². The summed E-state index contributed by atoms with van der Waals surface area (Å²) >= 11 is 1.21. The molecule has 0 saturated heterocycles. The predicted octanol–water partition coefficient (Wildman–Crippen LogP) is 1.91. The van der Waals surface area contributed by atoms with Gasteiger partial charge >= 0.3 is 5.97 Å². The van der Waals surface area contributed by atoms with Crippen LogP contribution in [0.15, 0.2) is 29.2 Å². The number of halogens is 1. The number of methoxy groups -OCH3 is 1. The topological polar surface area (TPSA) is 75.6 Å². The van der Waals surface area contributed by atoms with Gasteiger partial charge in [0.2, 0.25) is 5.91 Å². The monoisotopic (exact) mass is 315 g/mol. The van der Waals surface area contributed by atoms with Gasteiger partial charge in [-0.1, -0.05) is 12.1 Å². The van der Waals surface area contributed by atoms with Crippen molar-refractivity contribution in [3.8, 4) is 0 Å². The van der Waals surface area contributed by atoms with Gasteiger partial charge in [0.1, 0.15) is 5.82 Å². The van der Waals surface area contributed by atoms with Crippen LogP contribution in [0, 0.1) is 5.82 Å². The van der Waals surface area contributed by atoms with Crippen LogP contribution in [0.1, 0.15) is 13.3 Å². The molecule has 0 saturated carbocycles. The van der Waals surface area contributed by atoms with Gasteiger partial charge in [-0.25, -0.2) is 9.18 Å². The van der Waals surface area contributed by atoms with Crippen LogP contribution in [0.3, 0.4) is 0 Å². The average molecular weight is 315 g/mol. The van der Waals surface area contributed by atoms with Gasteiger partial charge < -0.3 is 15.2 Å². The number of carbonyl (C=O) groups is 2. The highest BCUT2D eigenvalue weighted by atomic mass is 32.2. The lowest BCUT2D eigenvalue weighted by Crippen LogP contribution is -2.55. The molecule has 0 aliphatic heterocycles. The standard InChI is InChI=1S/C14H18FNO4S/c1-14(9-20-2,13(18)19)16-12(17)7-8-21-11-6-4-3-5-10(11)15/h3-6H,7-9H2,1-2H3,(H,16,17)(H,18,19). The van der Waals surface area contributed by atoms with E-state index in [0.717, 1.165) is 0 Å². The quantitative estimate of drug-likeness (QED) is 0.717. The first-order chi connectivity index (χ1) is 9.89. The van der Waals surface area contributed by atoms with Crippen molar-refractivity contribution in [1.29, 1.82) is 0 Å². The van der Waals surface area contributed by atoms with E-state index in [0.29, 0.717) is 10.6 Å². The van der Waals surface area contributed by atoms with Crippen molar-refractivity contribution in [3.05, 3.63) is 30.1 Å². The number of carboxylic acid groups (broad SMARTS) is 1. The molecule has 0 fully saturated rings. The van der Waals surface area contributed by atoms with Crippen molar-refractivity contribution in [2.75, 3.05) is 19.5 Å². The van der Waals surface area contributed by atoms with Gasteiger partial charge in [-0.3, -0.25) is 4.79 Å². The van der Waals surface area contributed by atoms with E-state index in [9.17, 15) is 14.0 Å². The van der Waals surface area contributed by atoms with Gasteiger partial charge in [-0.2, -0.15) is 0 Å². The minimum atomic E-state index is -1.46. The van der Waals surface area contributed by atoms with Crippen molar-refractivity contribution in [2.24, 2.45) is 0 Å². The number of hydrogen-bond donors (Lipinski definition) is 2. The summed E-state index contributed by atoms with van der Waals surface area (Å²) in [7, 11) is 1.36. The number of carboxylic acids is 1. The van der Waals surface area contributed by atoms with Crippen molar-refractivity contribution >= 4 is 23.6 Å². The van der Waals surface area contributed by atoms with Gasteiger partial charge in [0, 0.05) is 24.2 Å². The fraction of sp³-hybridized carbons (Fsp3) is 0.429. The van der Waals surface area contributed by atoms with Gasteiger partial charge in [-0.15, -0.1) is 11.8 Å². The normalized spacial score (nSPS) is 13.5. The maximum atomic E-state index is 13.4. The zero-order valence-corrected chi connectivity index (χ0v) is 12.7. The Kier molecular flexibility index (Phi) is 6.64. The molecular weight excluding hydrogens is 297 g/mol. The zero-order valence-electron chi connectivity index (χ0n) is 11.9. The van der Waals surface area contributed by atoms with Gasteiger partial charge in [-0.05, 0) is 19.1 Å². The zero-order chi connectivity index (χ0) is 15.9. The summed E-state index contributed by atoms with van der Waals surface area (Å²) in [6.45, 7) is 1.25. The highest BCUT2D eigenvalue weighted by Crippen LogP contribution is 2.21. The van der Waals surface area contributed by atoms with Gasteiger partial charge in [0.25, 0.3) is 0 Å². The molecule has 1 aromatic rings. The third-order valence-electron chi connectivity index (χ3n) is 2.74. The summed E-state index contributed by atoms with van der Waals surface area (Å²) in [5.74, 6) is -1.56. The van der Waals surface area contributed by atoms with Crippen molar-refractivity contribution in [3.63, 3.8) is 0 Å². The number of ether oxygens (including phenoxy) is 1. The van der Waals surface area contributed by atoms with Crippen LogP contribution in [-0.4, -0.2) is 42.0 Å². The molecule has 2 N–H and O–H groups in total. The Morgan fingerprint density at radius 2 is 2.10 bits per heavy atom. The average Bonchev–Trinajstić information content (AvgIpc) is 2.41. The number of benzene rings is 1. The molecule has 1 amide bonds. The molecule has 116 valence electrons. The largest absolute Gasteiger partial charge is 0.479 e. The molecule has 0 radical (unpaired) electrons. The van der Waals surface area contributed by atoms with E-state index < -0.39 is 17.4 Å². The highest BCUT2D eigenvalue weighted by Gasteiger charge is 2.34. The molecule has 0 aliphatic rings. The van der Waals surface area contributed by atoms with Crippen LogP contribution in [0.2, 0.25) is 0 Å². The van der Waals surface area contributed by atoms with Crippen LogP contribution < -0.4 is 5.32 Å². The molecule has 0 spiro atoms. The van der Waals surface area contributed by atoms with Crippen LogP contribution in [0.4, 0.5) is 4.39 Å². The summed E-state index contributed by atoms with van der Waals surface area (Å²) in [6.07, 6.45) is 0.0889. The molecule has 0 bridgehead atoms. The molecule has 1 unspecified atom stereocenters. The van der Waals surface area contributed by atoms with Crippen LogP contribution >= 0.6 is 11.8 Å². The summed E-state index contributed by atoms with van der Waals surface area (Å²) in [5, 5.41) is 11.5. The Balaban J connectivity index is 2.47. The maximum absolute atomic E-state index is 13.4. The summed E-state index contributed by atoms with van der Waals surface area (Å²) in [5.41, 5.74) is -1.46. The summed E-state index contributed by atoms with van der Waals surface area (Å²) in [6, 6.07) is 6.29. The number of thioether (sulfide) groups is 1. The Morgan fingerprint density at radius 1 is 1.43 bits per heavy atom. The number of rotatable bonds is 8. The number of carbonyl (C=O) groups excluding carboxylic acids is 1. The first kappa shape index (κ1) is 17.5. The number of nitrogens with one attached hydrogen (secondary N) is 1. The Hall–Kier alpha value is -1.60. The second-order valence-corrected chi connectivity index (χ2v) is 5.78. The van der Waals surface area contributed by atoms with Crippen LogP contribution in [0.25, 0.3) is 0 Å². The van der Waals surface area contributed by atoms with E-state index in [1.807, 2.05) is 0 Å². The highest BCUT2D eigenvalue weighted by molar-refractivity contribution is 7.99. The molecule has 21 heavy (non-hydrogen) atoms. The van der Waals surface area contributed by atoms with Gasteiger partial charge in [0.05, 0.1) is 6.61 Å². The summed E-state index contributed by atoms with van der Waals surface area (Å²) in [4.78, 5) is 23.4. The van der Waals surface area contributed by atoms with Crippen LogP contribution in [-0.2, 0) is 14.3 Å². The fourth-order valence-corrected chi connectivity index (χ4v) is 2.51. The fourth-order valence-electron chi connectivity index (χ4n) is 1.63. The minimum absolute atomic E-state index is 0.0889. The second-order valence-electron chi connectivity index (χ2n) is 4.65. The van der Waals surface area contributed by atoms with Crippen molar-refractivity contribution in [1.82, 2.24) is 5.32 Å². The van der Waals surface area contributed by atoms with Gasteiger partial charge in [0.15, 0.2) is 5.54 Å². The third kappa shape index (κ3) is 5.35. The Labute approximate surface area is 126 Å². The van der Waals surface area contributed by atoms with Crippen molar-refractivity contribution in [2.45, 2.75) is 23.8 Å². The Morgan fingerprint density at radius 3 is 2.67 bits per heavy atom. The first-order valence-corrected chi connectivity index (χ1v) is 7.28. The number of aliphatic carboxylic acids is 1. The van der Waals surface area contributed by atoms with E-state index in [1.54, 1.807) is 18.2 Å². The number of amides is 1. The number of hydrogen-bond acceptors (Lipinski definition) is 4. The lowest BCUT2D eigenvalue weighted by Gasteiger charge is -2.25. The van der Waals surface area contributed by atoms with Crippen LogP contribution in [0.5, 0.6) is 0 Å². The molecule has 5 nitrogen and oxygen atoms in total. The minimum Gasteiger partial charge on any atom is -0.479 e. The molecule has 0 aromatic heterocycles. The summed E-state index contributed by atoms with van der Waals surface area (Å²) < 4.78 is 18.2. The first-order valence-electron chi connectivity index (χ1n) is 6.30. The van der Waals surface area contributed by atoms with Crippen molar-refractivity contribution < 1.29 is 23.8 Å². The maximum Gasteiger partial charge on any atom is 0.331 e. The molecule has 1 atom stereocenters. The lowest BCUT2D eigenvalue weighted by atomic mass is 10.0. The predicted molar refractivity (Wildman–Crippen MR) is 77.8 cm³/mol. The molecule has 7 heteroatoms.